The minimum atomic E-state index is -3.78. The molecule has 1 N–H and O–H groups in total. The molecule has 1 amide bonds. The molecule has 1 aromatic heterocycles. The lowest BCUT2D eigenvalue weighted by Crippen LogP contribution is -2.31. The molecular formula is C16H16N2O4S. The highest BCUT2D eigenvalue weighted by atomic mass is 32.2. The Labute approximate surface area is 134 Å². The second kappa shape index (κ2) is 6.10. The van der Waals surface area contributed by atoms with Crippen molar-refractivity contribution in [2.75, 3.05) is 0 Å². The van der Waals surface area contributed by atoms with Crippen LogP contribution in [0.2, 0.25) is 0 Å². The van der Waals surface area contributed by atoms with Crippen molar-refractivity contribution in [1.29, 1.82) is 0 Å². The molecule has 0 saturated carbocycles. The number of carbonyl (C=O) groups excluding carboxylic acids is 1. The molecular weight excluding hydrogens is 316 g/mol. The minimum absolute atomic E-state index is 0.218. The quantitative estimate of drug-likeness (QED) is 0.921. The molecule has 0 aliphatic carbocycles. The molecule has 23 heavy (non-hydrogen) atoms. The number of hydrogen-bond acceptors (Lipinski definition) is 5. The van der Waals surface area contributed by atoms with Crippen LogP contribution in [0.1, 0.15) is 32.6 Å². The zero-order valence-corrected chi connectivity index (χ0v) is 13.4. The normalized spacial score (nSPS) is 13.6. The van der Waals surface area contributed by atoms with Crippen molar-refractivity contribution in [3.63, 3.8) is 0 Å². The molecule has 1 aliphatic heterocycles. The molecule has 2 heterocycles. The van der Waals surface area contributed by atoms with Crippen molar-refractivity contribution >= 4 is 15.9 Å². The van der Waals surface area contributed by atoms with Gasteiger partial charge in [-0.1, -0.05) is 18.2 Å². The highest BCUT2D eigenvalue weighted by Gasteiger charge is 2.19. The van der Waals surface area contributed by atoms with Gasteiger partial charge >= 0.3 is 0 Å². The maximum atomic E-state index is 12.2. The van der Waals surface area contributed by atoms with Gasteiger partial charge in [0.15, 0.2) is 0 Å². The van der Waals surface area contributed by atoms with Gasteiger partial charge < -0.3 is 4.74 Å². The number of rotatable bonds is 4. The van der Waals surface area contributed by atoms with Crippen molar-refractivity contribution in [3.05, 3.63) is 64.5 Å². The van der Waals surface area contributed by atoms with E-state index in [9.17, 15) is 13.2 Å². The van der Waals surface area contributed by atoms with Crippen LogP contribution in [0.15, 0.2) is 36.7 Å². The molecule has 0 bridgehead atoms. The summed E-state index contributed by atoms with van der Waals surface area (Å²) < 4.78 is 31.8. The first kappa shape index (κ1) is 15.6. The van der Waals surface area contributed by atoms with E-state index >= 15 is 0 Å². The number of aryl methyl sites for hydroxylation is 1. The molecule has 0 atom stereocenters. The van der Waals surface area contributed by atoms with Crippen LogP contribution in [0.4, 0.5) is 0 Å². The summed E-state index contributed by atoms with van der Waals surface area (Å²) >= 11 is 0. The summed E-state index contributed by atoms with van der Waals surface area (Å²) in [5.74, 6) is -0.934. The van der Waals surface area contributed by atoms with Crippen LogP contribution < -0.4 is 4.72 Å². The Balaban J connectivity index is 1.73. The third-order valence-electron chi connectivity index (χ3n) is 3.53. The zero-order chi connectivity index (χ0) is 16.4. The van der Waals surface area contributed by atoms with Gasteiger partial charge in [-0.15, -0.1) is 0 Å². The van der Waals surface area contributed by atoms with Crippen LogP contribution in [0.3, 0.4) is 0 Å². The Morgan fingerprint density at radius 2 is 2.00 bits per heavy atom. The van der Waals surface area contributed by atoms with E-state index in [2.05, 4.69) is 9.71 Å². The van der Waals surface area contributed by atoms with Crippen molar-refractivity contribution in [3.8, 4) is 0 Å². The van der Waals surface area contributed by atoms with Gasteiger partial charge in [-0.25, -0.2) is 13.1 Å². The van der Waals surface area contributed by atoms with Crippen molar-refractivity contribution < 1.29 is 17.9 Å². The van der Waals surface area contributed by atoms with E-state index < -0.39 is 15.9 Å². The molecule has 0 radical (unpaired) electrons. The van der Waals surface area contributed by atoms with Crippen molar-refractivity contribution in [1.82, 2.24) is 9.71 Å². The van der Waals surface area contributed by atoms with Crippen LogP contribution in [-0.4, -0.2) is 19.3 Å². The first-order chi connectivity index (χ1) is 10.9. The van der Waals surface area contributed by atoms with E-state index in [1.807, 2.05) is 6.07 Å². The number of benzene rings is 1. The van der Waals surface area contributed by atoms with Gasteiger partial charge in [0.05, 0.1) is 24.5 Å². The van der Waals surface area contributed by atoms with Gasteiger partial charge in [0.25, 0.3) is 5.91 Å². The SMILES string of the molecule is Cc1cncc(C(=O)NS(=O)(=O)Cc2ccc3c(c2)COC3)c1. The monoisotopic (exact) mass is 332 g/mol. The fourth-order valence-electron chi connectivity index (χ4n) is 2.45. The molecule has 7 heteroatoms. The Bertz CT molecular complexity index is 862. The number of carbonyl (C=O) groups is 1. The molecule has 0 fully saturated rings. The molecule has 6 nitrogen and oxygen atoms in total. The number of hydrogen-bond donors (Lipinski definition) is 1. The molecule has 0 spiro atoms. The summed E-state index contributed by atoms with van der Waals surface area (Å²) in [6, 6.07) is 7.00. The number of ether oxygens (including phenoxy) is 1. The lowest BCUT2D eigenvalue weighted by molar-refractivity contribution is 0.0981. The van der Waals surface area contributed by atoms with Gasteiger partial charge in [-0.05, 0) is 35.2 Å². The van der Waals surface area contributed by atoms with Gasteiger partial charge in [0, 0.05) is 12.4 Å². The minimum Gasteiger partial charge on any atom is -0.372 e. The van der Waals surface area contributed by atoms with Crippen LogP contribution >= 0.6 is 0 Å². The Morgan fingerprint density at radius 1 is 1.22 bits per heavy atom. The number of amides is 1. The molecule has 1 aromatic carbocycles. The molecule has 1 aliphatic rings. The van der Waals surface area contributed by atoms with E-state index in [0.29, 0.717) is 18.8 Å². The van der Waals surface area contributed by atoms with Crippen molar-refractivity contribution in [2.45, 2.75) is 25.9 Å². The third-order valence-corrected chi connectivity index (χ3v) is 4.74. The van der Waals surface area contributed by atoms with Crippen LogP contribution in [0.25, 0.3) is 0 Å². The lowest BCUT2D eigenvalue weighted by atomic mass is 10.1. The molecule has 120 valence electrons. The maximum absolute atomic E-state index is 12.2. The smallest absolute Gasteiger partial charge is 0.266 e. The summed E-state index contributed by atoms with van der Waals surface area (Å²) in [6.07, 6.45) is 2.93. The third kappa shape index (κ3) is 3.75. The predicted octanol–water partition coefficient (Wildman–Crippen LogP) is 1.68. The number of aromatic nitrogens is 1. The fourth-order valence-corrected chi connectivity index (χ4v) is 3.54. The Morgan fingerprint density at radius 3 is 2.78 bits per heavy atom. The van der Waals surface area contributed by atoms with Crippen LogP contribution in [0.5, 0.6) is 0 Å². The average molecular weight is 332 g/mol. The zero-order valence-electron chi connectivity index (χ0n) is 12.6. The van der Waals surface area contributed by atoms with Crippen molar-refractivity contribution in [2.24, 2.45) is 0 Å². The fraction of sp³-hybridized carbons (Fsp3) is 0.250. The van der Waals surface area contributed by atoms with E-state index in [1.54, 1.807) is 31.3 Å². The summed E-state index contributed by atoms with van der Waals surface area (Å²) in [4.78, 5) is 15.9. The first-order valence-corrected chi connectivity index (χ1v) is 8.73. The second-order valence-corrected chi connectivity index (χ2v) is 7.26. The predicted molar refractivity (Wildman–Crippen MR) is 84.0 cm³/mol. The maximum Gasteiger partial charge on any atom is 0.266 e. The summed E-state index contributed by atoms with van der Waals surface area (Å²) in [6.45, 7) is 2.83. The van der Waals surface area contributed by atoms with Crippen LogP contribution in [-0.2, 0) is 33.7 Å². The second-order valence-electron chi connectivity index (χ2n) is 5.54. The number of nitrogens with zero attached hydrogens (tertiary/aromatic N) is 1. The van der Waals surface area contributed by atoms with Gasteiger partial charge in [0.2, 0.25) is 10.0 Å². The first-order valence-electron chi connectivity index (χ1n) is 7.08. The topological polar surface area (TPSA) is 85.4 Å². The molecule has 0 unspecified atom stereocenters. The summed E-state index contributed by atoms with van der Waals surface area (Å²) in [5, 5.41) is 0. The number of nitrogens with one attached hydrogen (secondary N) is 1. The van der Waals surface area contributed by atoms with E-state index in [0.717, 1.165) is 16.7 Å². The average Bonchev–Trinajstić information content (AvgIpc) is 2.93. The molecule has 2 aromatic rings. The number of fused-ring (bicyclic) bond motifs is 1. The molecule has 0 saturated heterocycles. The Kier molecular flexibility index (Phi) is 4.14. The van der Waals surface area contributed by atoms with Gasteiger partial charge in [-0.2, -0.15) is 0 Å². The van der Waals surface area contributed by atoms with E-state index in [1.165, 1.54) is 6.20 Å². The van der Waals surface area contributed by atoms with E-state index in [4.69, 9.17) is 4.74 Å². The van der Waals surface area contributed by atoms with Crippen LogP contribution in [0, 0.1) is 6.92 Å². The van der Waals surface area contributed by atoms with Gasteiger partial charge in [0.1, 0.15) is 0 Å². The number of sulfonamides is 1. The van der Waals surface area contributed by atoms with Gasteiger partial charge in [-0.3, -0.25) is 9.78 Å². The Hall–Kier alpha value is -2.25. The molecule has 3 rings (SSSR count). The lowest BCUT2D eigenvalue weighted by Gasteiger charge is -2.08. The summed E-state index contributed by atoms with van der Waals surface area (Å²) in [7, 11) is -3.78. The standard InChI is InChI=1S/C16H16N2O4S/c1-11-4-14(7-17-6-11)16(19)18-23(20,21)10-12-2-3-13-8-22-9-15(13)5-12/h2-7H,8-10H2,1H3,(H,18,19). The highest BCUT2D eigenvalue weighted by molar-refractivity contribution is 7.89. The largest absolute Gasteiger partial charge is 0.372 e. The highest BCUT2D eigenvalue weighted by Crippen LogP contribution is 2.21. The van der Waals surface area contributed by atoms with E-state index in [-0.39, 0.29) is 11.3 Å². The number of pyridine rings is 1. The summed E-state index contributed by atoms with van der Waals surface area (Å²) in [5.41, 5.74) is 3.69.